The van der Waals surface area contributed by atoms with Gasteiger partial charge in [-0.2, -0.15) is 0 Å². The van der Waals surface area contributed by atoms with Gasteiger partial charge in [-0.05, 0) is 40.5 Å². The first kappa shape index (κ1) is 14.3. The first-order valence-electron chi connectivity index (χ1n) is 6.08. The summed E-state index contributed by atoms with van der Waals surface area (Å²) in [6, 6.07) is 4.63. The zero-order valence-electron chi connectivity index (χ0n) is 10.5. The Morgan fingerprint density at radius 2 is 2.32 bits per heavy atom. The van der Waals surface area contributed by atoms with Crippen molar-refractivity contribution < 1.29 is 9.59 Å². The quantitative estimate of drug-likeness (QED) is 0.895. The van der Waals surface area contributed by atoms with Crippen LogP contribution in [0.4, 0.5) is 0 Å². The van der Waals surface area contributed by atoms with Crippen LogP contribution in [-0.2, 0) is 4.79 Å². The molecule has 0 aromatic heterocycles. The van der Waals surface area contributed by atoms with Crippen molar-refractivity contribution in [1.82, 2.24) is 10.2 Å². The van der Waals surface area contributed by atoms with Crippen LogP contribution in [-0.4, -0.2) is 35.8 Å². The van der Waals surface area contributed by atoms with E-state index in [2.05, 4.69) is 21.2 Å². The van der Waals surface area contributed by atoms with Gasteiger partial charge in [0.2, 0.25) is 5.91 Å². The molecular formula is C13H14BrClN2O2. The van der Waals surface area contributed by atoms with Crippen molar-refractivity contribution in [2.45, 2.75) is 19.4 Å². The Morgan fingerprint density at radius 1 is 1.58 bits per heavy atom. The second-order valence-corrected chi connectivity index (χ2v) is 5.63. The van der Waals surface area contributed by atoms with Crippen LogP contribution in [0.5, 0.6) is 0 Å². The van der Waals surface area contributed by atoms with E-state index in [-0.39, 0.29) is 11.8 Å². The van der Waals surface area contributed by atoms with E-state index >= 15 is 0 Å². The molecule has 4 nitrogen and oxygen atoms in total. The molecule has 102 valence electrons. The van der Waals surface area contributed by atoms with Crippen LogP contribution in [0.3, 0.4) is 0 Å². The number of rotatable bonds is 2. The molecule has 1 aromatic rings. The first-order valence-corrected chi connectivity index (χ1v) is 7.25. The van der Waals surface area contributed by atoms with Gasteiger partial charge >= 0.3 is 0 Å². The highest BCUT2D eigenvalue weighted by atomic mass is 79.9. The number of nitrogens with zero attached hydrogens (tertiary/aromatic N) is 1. The van der Waals surface area contributed by atoms with Gasteiger partial charge in [0.1, 0.15) is 6.04 Å². The van der Waals surface area contributed by atoms with Gasteiger partial charge in [0, 0.05) is 22.6 Å². The molecule has 6 heteroatoms. The van der Waals surface area contributed by atoms with Crippen LogP contribution in [0.2, 0.25) is 5.02 Å². The van der Waals surface area contributed by atoms with E-state index < -0.39 is 6.04 Å². The summed E-state index contributed by atoms with van der Waals surface area (Å²) in [5.74, 6) is -0.238. The van der Waals surface area contributed by atoms with Gasteiger partial charge < -0.3 is 10.2 Å². The molecule has 0 saturated carbocycles. The van der Waals surface area contributed by atoms with Crippen LogP contribution in [0, 0.1) is 0 Å². The van der Waals surface area contributed by atoms with E-state index in [1.807, 2.05) is 6.92 Å². The maximum atomic E-state index is 12.5. The topological polar surface area (TPSA) is 49.4 Å². The minimum Gasteiger partial charge on any atom is -0.353 e. The van der Waals surface area contributed by atoms with E-state index in [0.717, 1.165) is 0 Å². The number of benzene rings is 1. The van der Waals surface area contributed by atoms with Crippen LogP contribution in [0.15, 0.2) is 22.7 Å². The second-order valence-electron chi connectivity index (χ2n) is 4.34. The SMILES string of the molecule is CCC1C(=O)NCCN1C(=O)c1ccc(Cl)cc1Br. The van der Waals surface area contributed by atoms with Crippen molar-refractivity contribution in [1.29, 1.82) is 0 Å². The molecule has 1 N–H and O–H groups in total. The van der Waals surface area contributed by atoms with Gasteiger partial charge in [0.05, 0.1) is 5.56 Å². The highest BCUT2D eigenvalue weighted by Crippen LogP contribution is 2.24. The summed E-state index contributed by atoms with van der Waals surface area (Å²) >= 11 is 9.21. The van der Waals surface area contributed by atoms with Gasteiger partial charge in [0.15, 0.2) is 0 Å². The number of nitrogens with one attached hydrogen (secondary N) is 1. The number of halogens is 2. The van der Waals surface area contributed by atoms with Gasteiger partial charge in [-0.3, -0.25) is 9.59 Å². The summed E-state index contributed by atoms with van der Waals surface area (Å²) in [5.41, 5.74) is 0.526. The smallest absolute Gasteiger partial charge is 0.255 e. The van der Waals surface area contributed by atoms with Crippen LogP contribution < -0.4 is 5.32 Å². The zero-order valence-corrected chi connectivity index (χ0v) is 12.8. The van der Waals surface area contributed by atoms with Gasteiger partial charge in [-0.1, -0.05) is 18.5 Å². The van der Waals surface area contributed by atoms with Crippen LogP contribution >= 0.6 is 27.5 Å². The molecule has 1 atom stereocenters. The Labute approximate surface area is 125 Å². The fraction of sp³-hybridized carbons (Fsp3) is 0.385. The zero-order chi connectivity index (χ0) is 14.0. The van der Waals surface area contributed by atoms with Crippen LogP contribution in [0.25, 0.3) is 0 Å². The standard InChI is InChI=1S/C13H14BrClN2O2/c1-2-11-12(18)16-5-6-17(11)13(19)9-4-3-8(15)7-10(9)14/h3-4,7,11H,2,5-6H2,1H3,(H,16,18). The largest absolute Gasteiger partial charge is 0.353 e. The third-order valence-corrected chi connectivity index (χ3v) is 4.03. The molecule has 2 amide bonds. The summed E-state index contributed by atoms with van der Waals surface area (Å²) in [4.78, 5) is 25.9. The molecule has 1 aromatic carbocycles. The molecule has 1 aliphatic heterocycles. The fourth-order valence-corrected chi connectivity index (χ4v) is 3.03. The van der Waals surface area contributed by atoms with E-state index in [9.17, 15) is 9.59 Å². The lowest BCUT2D eigenvalue weighted by Crippen LogP contribution is -2.56. The molecule has 1 aliphatic rings. The number of amides is 2. The van der Waals surface area contributed by atoms with Gasteiger partial charge in [0.25, 0.3) is 5.91 Å². The van der Waals surface area contributed by atoms with Crippen molar-refractivity contribution >= 4 is 39.3 Å². The molecule has 1 heterocycles. The Balaban J connectivity index is 2.29. The predicted molar refractivity (Wildman–Crippen MR) is 77.3 cm³/mol. The highest BCUT2D eigenvalue weighted by Gasteiger charge is 2.32. The van der Waals surface area contributed by atoms with E-state index in [1.54, 1.807) is 23.1 Å². The molecule has 2 rings (SSSR count). The summed E-state index contributed by atoms with van der Waals surface area (Å²) in [6.07, 6.45) is 0.600. The van der Waals surface area contributed by atoms with Crippen molar-refractivity contribution in [3.63, 3.8) is 0 Å². The van der Waals surface area contributed by atoms with Gasteiger partial charge in [-0.25, -0.2) is 0 Å². The lowest BCUT2D eigenvalue weighted by molar-refractivity contribution is -0.127. The van der Waals surface area contributed by atoms with Crippen LogP contribution in [0.1, 0.15) is 23.7 Å². The number of hydrogen-bond donors (Lipinski definition) is 1. The predicted octanol–water partition coefficient (Wildman–Crippen LogP) is 2.45. The highest BCUT2D eigenvalue weighted by molar-refractivity contribution is 9.10. The average Bonchev–Trinajstić information content (AvgIpc) is 2.37. The monoisotopic (exact) mass is 344 g/mol. The third kappa shape index (κ3) is 2.92. The molecule has 0 radical (unpaired) electrons. The maximum Gasteiger partial charge on any atom is 0.255 e. The summed E-state index contributed by atoms with van der Waals surface area (Å²) < 4.78 is 0.644. The van der Waals surface area contributed by atoms with Crippen molar-refractivity contribution in [2.75, 3.05) is 13.1 Å². The molecule has 1 saturated heterocycles. The second kappa shape index (κ2) is 5.92. The minimum atomic E-state index is -0.399. The van der Waals surface area contributed by atoms with Crippen molar-refractivity contribution in [2.24, 2.45) is 0 Å². The molecular weight excluding hydrogens is 332 g/mol. The van der Waals surface area contributed by atoms with Gasteiger partial charge in [-0.15, -0.1) is 0 Å². The summed E-state index contributed by atoms with van der Waals surface area (Å²) in [5, 5.41) is 3.34. The molecule has 19 heavy (non-hydrogen) atoms. The Hall–Kier alpha value is -1.07. The molecule has 1 fully saturated rings. The minimum absolute atomic E-state index is 0.0906. The molecule has 0 spiro atoms. The molecule has 1 unspecified atom stereocenters. The molecule has 0 aliphatic carbocycles. The maximum absolute atomic E-state index is 12.5. The number of carbonyl (C=O) groups is 2. The molecule has 0 bridgehead atoms. The number of piperazine rings is 1. The van der Waals surface area contributed by atoms with Crippen molar-refractivity contribution in [3.8, 4) is 0 Å². The Bertz CT molecular complexity index is 521. The normalized spacial score (nSPS) is 19.2. The average molecular weight is 346 g/mol. The van der Waals surface area contributed by atoms with Crippen molar-refractivity contribution in [3.05, 3.63) is 33.3 Å². The Kier molecular flexibility index (Phi) is 4.47. The lowest BCUT2D eigenvalue weighted by atomic mass is 10.1. The van der Waals surface area contributed by atoms with E-state index in [0.29, 0.717) is 34.6 Å². The fourth-order valence-electron chi connectivity index (χ4n) is 2.18. The summed E-state index contributed by atoms with van der Waals surface area (Å²) in [7, 11) is 0. The number of carbonyl (C=O) groups excluding carboxylic acids is 2. The van der Waals surface area contributed by atoms with E-state index in [4.69, 9.17) is 11.6 Å². The lowest BCUT2D eigenvalue weighted by Gasteiger charge is -2.34. The first-order chi connectivity index (χ1) is 9.04. The Morgan fingerprint density at radius 3 is 2.95 bits per heavy atom. The number of hydrogen-bond acceptors (Lipinski definition) is 2. The third-order valence-electron chi connectivity index (χ3n) is 3.14. The summed E-state index contributed by atoms with van der Waals surface area (Å²) in [6.45, 7) is 2.91. The van der Waals surface area contributed by atoms with E-state index in [1.165, 1.54) is 0 Å².